The largest absolute Gasteiger partial charge is 0.307 e. The SMILES string of the molecule is O=C(CN1CCC[C@@H](c2nc3ccccc3s2)C1)N(c1ccccc1)[C@H]1CCS(=O)(=O)C1. The average molecular weight is 470 g/mol. The number of benzene rings is 2. The number of rotatable bonds is 5. The highest BCUT2D eigenvalue weighted by atomic mass is 32.2. The molecule has 2 saturated heterocycles. The molecule has 2 aliphatic heterocycles. The summed E-state index contributed by atoms with van der Waals surface area (Å²) in [5.41, 5.74) is 1.82. The standard InChI is InChI=1S/C24H27N3O3S2/c28-23(27(19-8-2-1-3-9-19)20-12-14-32(29,30)17-20)16-26-13-6-7-18(15-26)24-25-21-10-4-5-11-22(21)31-24/h1-5,8-11,18,20H,6-7,12-17H2/t18-,20+/m1/s1. The van der Waals surface area contributed by atoms with Crippen molar-refractivity contribution in [2.45, 2.75) is 31.2 Å². The molecule has 3 heterocycles. The van der Waals surface area contributed by atoms with Crippen LogP contribution >= 0.6 is 11.3 Å². The van der Waals surface area contributed by atoms with Crippen molar-refractivity contribution in [3.8, 4) is 0 Å². The highest BCUT2D eigenvalue weighted by molar-refractivity contribution is 7.91. The monoisotopic (exact) mass is 469 g/mol. The van der Waals surface area contributed by atoms with Crippen molar-refractivity contribution >= 4 is 43.0 Å². The molecule has 0 N–H and O–H groups in total. The molecular weight excluding hydrogens is 442 g/mol. The van der Waals surface area contributed by atoms with Crippen LogP contribution in [0, 0.1) is 0 Å². The van der Waals surface area contributed by atoms with Crippen molar-refractivity contribution in [2.75, 3.05) is 36.0 Å². The number of carbonyl (C=O) groups excluding carboxylic acids is 1. The Morgan fingerprint density at radius 2 is 1.88 bits per heavy atom. The molecule has 5 rings (SSSR count). The third-order valence-electron chi connectivity index (χ3n) is 6.40. The molecule has 0 saturated carbocycles. The van der Waals surface area contributed by atoms with Gasteiger partial charge in [0.25, 0.3) is 0 Å². The van der Waals surface area contributed by atoms with Crippen molar-refractivity contribution in [1.29, 1.82) is 0 Å². The molecule has 2 fully saturated rings. The Balaban J connectivity index is 1.32. The van der Waals surface area contributed by atoms with Gasteiger partial charge in [0, 0.05) is 18.2 Å². The van der Waals surface area contributed by atoms with Crippen LogP contribution in [0.1, 0.15) is 30.2 Å². The van der Waals surface area contributed by atoms with Crippen molar-refractivity contribution in [3.63, 3.8) is 0 Å². The lowest BCUT2D eigenvalue weighted by molar-refractivity contribution is -0.120. The van der Waals surface area contributed by atoms with E-state index in [4.69, 9.17) is 4.98 Å². The van der Waals surface area contributed by atoms with E-state index in [-0.39, 0.29) is 23.5 Å². The maximum atomic E-state index is 13.5. The second kappa shape index (κ2) is 8.92. The van der Waals surface area contributed by atoms with Crippen molar-refractivity contribution < 1.29 is 13.2 Å². The number of anilines is 1. The zero-order chi connectivity index (χ0) is 22.1. The van der Waals surface area contributed by atoms with E-state index < -0.39 is 9.84 Å². The molecule has 2 aromatic carbocycles. The number of sulfone groups is 1. The van der Waals surface area contributed by atoms with E-state index in [9.17, 15) is 13.2 Å². The first kappa shape index (κ1) is 21.6. The van der Waals surface area contributed by atoms with Gasteiger partial charge in [0.2, 0.25) is 5.91 Å². The molecule has 2 atom stereocenters. The summed E-state index contributed by atoms with van der Waals surface area (Å²) >= 11 is 1.75. The Morgan fingerprint density at radius 3 is 2.62 bits per heavy atom. The smallest absolute Gasteiger partial charge is 0.241 e. The van der Waals surface area contributed by atoms with Crippen LogP contribution in [0.4, 0.5) is 5.69 Å². The van der Waals surface area contributed by atoms with Crippen LogP contribution in [0.3, 0.4) is 0 Å². The lowest BCUT2D eigenvalue weighted by atomic mass is 9.98. The minimum absolute atomic E-state index is 0.0248. The molecule has 32 heavy (non-hydrogen) atoms. The number of para-hydroxylation sites is 2. The summed E-state index contributed by atoms with van der Waals surface area (Å²) in [5, 5.41) is 1.14. The van der Waals surface area contributed by atoms with Crippen LogP contribution in [-0.2, 0) is 14.6 Å². The number of amides is 1. The number of aromatic nitrogens is 1. The fraction of sp³-hybridized carbons (Fsp3) is 0.417. The Hall–Kier alpha value is -2.29. The predicted octanol–water partition coefficient (Wildman–Crippen LogP) is 3.70. The zero-order valence-electron chi connectivity index (χ0n) is 17.9. The molecule has 6 nitrogen and oxygen atoms in total. The summed E-state index contributed by atoms with van der Waals surface area (Å²) in [6.45, 7) is 1.97. The van der Waals surface area contributed by atoms with E-state index in [1.165, 1.54) is 4.70 Å². The highest BCUT2D eigenvalue weighted by Crippen LogP contribution is 2.33. The van der Waals surface area contributed by atoms with Crippen molar-refractivity contribution in [2.24, 2.45) is 0 Å². The van der Waals surface area contributed by atoms with Gasteiger partial charge in [0.1, 0.15) is 0 Å². The molecule has 8 heteroatoms. The molecule has 0 unspecified atom stereocenters. The predicted molar refractivity (Wildman–Crippen MR) is 129 cm³/mol. The lowest BCUT2D eigenvalue weighted by Gasteiger charge is -2.34. The minimum atomic E-state index is -3.09. The minimum Gasteiger partial charge on any atom is -0.307 e. The van der Waals surface area contributed by atoms with E-state index >= 15 is 0 Å². The van der Waals surface area contributed by atoms with Gasteiger partial charge in [-0.25, -0.2) is 13.4 Å². The molecule has 168 valence electrons. The average Bonchev–Trinajstić information content (AvgIpc) is 3.38. The fourth-order valence-electron chi connectivity index (χ4n) is 4.86. The normalized spacial score (nSPS) is 23.4. The van der Waals surface area contributed by atoms with Crippen LogP contribution < -0.4 is 4.90 Å². The zero-order valence-corrected chi connectivity index (χ0v) is 19.5. The van der Waals surface area contributed by atoms with Gasteiger partial charge >= 0.3 is 0 Å². The van der Waals surface area contributed by atoms with Gasteiger partial charge in [0.05, 0.1) is 39.3 Å². The van der Waals surface area contributed by atoms with Gasteiger partial charge in [-0.3, -0.25) is 9.69 Å². The van der Waals surface area contributed by atoms with Crippen LogP contribution in [0.15, 0.2) is 54.6 Å². The second-order valence-corrected chi connectivity index (χ2v) is 12.0. The van der Waals surface area contributed by atoms with Gasteiger partial charge < -0.3 is 4.90 Å². The summed E-state index contributed by atoms with van der Waals surface area (Å²) in [6.07, 6.45) is 2.60. The molecule has 0 spiro atoms. The topological polar surface area (TPSA) is 70.6 Å². The third kappa shape index (κ3) is 4.58. The molecule has 0 radical (unpaired) electrons. The van der Waals surface area contributed by atoms with Gasteiger partial charge in [-0.15, -0.1) is 11.3 Å². The first-order valence-electron chi connectivity index (χ1n) is 11.1. The van der Waals surface area contributed by atoms with Crippen LogP contribution in [0.25, 0.3) is 10.2 Å². The number of nitrogens with zero attached hydrogens (tertiary/aromatic N) is 3. The molecule has 3 aromatic rings. The quantitative estimate of drug-likeness (QED) is 0.570. The van der Waals surface area contributed by atoms with Crippen molar-refractivity contribution in [3.05, 3.63) is 59.6 Å². The van der Waals surface area contributed by atoms with Crippen molar-refractivity contribution in [1.82, 2.24) is 9.88 Å². The van der Waals surface area contributed by atoms with E-state index in [0.29, 0.717) is 18.9 Å². The maximum Gasteiger partial charge on any atom is 0.241 e. The van der Waals surface area contributed by atoms with Crippen LogP contribution in [-0.4, -0.2) is 61.4 Å². The van der Waals surface area contributed by atoms with Gasteiger partial charge in [-0.2, -0.15) is 0 Å². The first-order chi connectivity index (χ1) is 15.5. The number of piperidine rings is 1. The van der Waals surface area contributed by atoms with E-state index in [2.05, 4.69) is 11.0 Å². The number of carbonyl (C=O) groups is 1. The highest BCUT2D eigenvalue weighted by Gasteiger charge is 2.36. The van der Waals surface area contributed by atoms with Gasteiger partial charge in [-0.05, 0) is 50.1 Å². The molecular formula is C24H27N3O3S2. The number of likely N-dealkylation sites (tertiary alicyclic amines) is 1. The summed E-state index contributed by atoms with van der Waals surface area (Å²) in [4.78, 5) is 22.3. The van der Waals surface area contributed by atoms with Gasteiger partial charge in [0.15, 0.2) is 9.84 Å². The summed E-state index contributed by atoms with van der Waals surface area (Å²) in [5.74, 6) is 0.494. The van der Waals surface area contributed by atoms with E-state index in [1.54, 1.807) is 16.2 Å². The first-order valence-corrected chi connectivity index (χ1v) is 13.8. The Kier molecular flexibility index (Phi) is 6.01. The van der Waals surface area contributed by atoms with Crippen LogP contribution in [0.5, 0.6) is 0 Å². The summed E-state index contributed by atoms with van der Waals surface area (Å²) in [6, 6.07) is 17.4. The van der Waals surface area contributed by atoms with E-state index in [0.717, 1.165) is 42.1 Å². The molecule has 2 aliphatic rings. The number of hydrogen-bond acceptors (Lipinski definition) is 6. The summed E-state index contributed by atoms with van der Waals surface area (Å²) in [7, 11) is -3.09. The fourth-order valence-corrected chi connectivity index (χ4v) is 7.65. The third-order valence-corrected chi connectivity index (χ3v) is 9.35. The second-order valence-electron chi connectivity index (χ2n) is 8.75. The number of hydrogen-bond donors (Lipinski definition) is 0. The Labute approximate surface area is 192 Å². The number of thiazole rings is 1. The lowest BCUT2D eigenvalue weighted by Crippen LogP contribution is -2.48. The molecule has 1 aromatic heterocycles. The molecule has 0 aliphatic carbocycles. The van der Waals surface area contributed by atoms with Gasteiger partial charge in [-0.1, -0.05) is 30.3 Å². The molecule has 0 bridgehead atoms. The number of fused-ring (bicyclic) bond motifs is 1. The van der Waals surface area contributed by atoms with Crippen LogP contribution in [0.2, 0.25) is 0 Å². The van der Waals surface area contributed by atoms with E-state index in [1.807, 2.05) is 48.5 Å². The maximum absolute atomic E-state index is 13.5. The Morgan fingerprint density at radius 1 is 1.09 bits per heavy atom. The summed E-state index contributed by atoms with van der Waals surface area (Å²) < 4.78 is 25.4. The molecule has 1 amide bonds. The Bertz CT molecular complexity index is 1180.